The molecule has 3 heteroatoms. The minimum Gasteiger partial charge on any atom is -0.501 e. The third kappa shape index (κ3) is 2.53. The van der Waals surface area contributed by atoms with E-state index in [0.29, 0.717) is 0 Å². The Labute approximate surface area is 92.0 Å². The smallest absolute Gasteiger partial charge is 0.0959 e. The fraction of sp³-hybridized carbons (Fsp3) is 0.667. The van der Waals surface area contributed by atoms with Crippen molar-refractivity contribution in [3.63, 3.8) is 0 Å². The van der Waals surface area contributed by atoms with Crippen molar-refractivity contribution >= 4 is 0 Å². The van der Waals surface area contributed by atoms with E-state index in [0.717, 1.165) is 18.6 Å². The van der Waals surface area contributed by atoms with E-state index in [4.69, 9.17) is 4.74 Å². The van der Waals surface area contributed by atoms with Gasteiger partial charge in [0, 0.05) is 38.3 Å². The van der Waals surface area contributed by atoms with Crippen LogP contribution in [0.4, 0.5) is 0 Å². The molecule has 0 radical (unpaired) electrons. The molecule has 0 unspecified atom stereocenters. The molecule has 1 saturated heterocycles. The van der Waals surface area contributed by atoms with Crippen LogP contribution in [0.5, 0.6) is 0 Å². The summed E-state index contributed by atoms with van der Waals surface area (Å²) < 4.78 is 5.23. The maximum Gasteiger partial charge on any atom is 0.0959 e. The minimum atomic E-state index is 1.05. The van der Waals surface area contributed by atoms with Gasteiger partial charge in [-0.3, -0.25) is 0 Å². The summed E-state index contributed by atoms with van der Waals surface area (Å²) in [6, 6.07) is 0. The first-order valence-corrected chi connectivity index (χ1v) is 5.67. The summed E-state index contributed by atoms with van der Waals surface area (Å²) in [6.45, 7) is 4.69. The quantitative estimate of drug-likeness (QED) is 0.683. The van der Waals surface area contributed by atoms with Gasteiger partial charge in [-0.15, -0.1) is 0 Å². The average molecular weight is 208 g/mol. The number of rotatable bonds is 2. The van der Waals surface area contributed by atoms with E-state index in [1.165, 1.54) is 31.9 Å². The fourth-order valence-corrected chi connectivity index (χ4v) is 2.13. The van der Waals surface area contributed by atoms with Gasteiger partial charge in [-0.1, -0.05) is 0 Å². The lowest BCUT2D eigenvalue weighted by molar-refractivity contribution is 0.179. The second-order valence-electron chi connectivity index (χ2n) is 4.29. The summed E-state index contributed by atoms with van der Waals surface area (Å²) in [6.07, 6.45) is 6.50. The molecule has 15 heavy (non-hydrogen) atoms. The summed E-state index contributed by atoms with van der Waals surface area (Å²) in [4.78, 5) is 4.89. The van der Waals surface area contributed by atoms with Crippen LogP contribution in [0.15, 0.2) is 23.6 Å². The van der Waals surface area contributed by atoms with Gasteiger partial charge in [-0.25, -0.2) is 0 Å². The van der Waals surface area contributed by atoms with Gasteiger partial charge in [0.2, 0.25) is 0 Å². The van der Waals surface area contributed by atoms with Gasteiger partial charge in [-0.05, 0) is 25.6 Å². The summed E-state index contributed by atoms with van der Waals surface area (Å²) in [5, 5.41) is 0. The van der Waals surface area contributed by atoms with Crippen LogP contribution in [0.1, 0.15) is 12.8 Å². The number of allylic oxidation sites excluding steroid dienone is 4. The summed E-state index contributed by atoms with van der Waals surface area (Å²) in [7, 11) is 3.94. The van der Waals surface area contributed by atoms with E-state index in [2.05, 4.69) is 29.0 Å². The molecule has 3 nitrogen and oxygen atoms in total. The predicted octanol–water partition coefficient (Wildman–Crippen LogP) is 1.44. The Morgan fingerprint density at radius 3 is 2.33 bits per heavy atom. The van der Waals surface area contributed by atoms with Crippen LogP contribution in [-0.4, -0.2) is 50.1 Å². The van der Waals surface area contributed by atoms with E-state index in [1.807, 2.05) is 0 Å². The summed E-state index contributed by atoms with van der Waals surface area (Å²) in [5.41, 5.74) is 1.48. The number of ether oxygens (including phenoxy) is 1. The monoisotopic (exact) mass is 208 g/mol. The number of piperazine rings is 1. The largest absolute Gasteiger partial charge is 0.501 e. The molecule has 0 aromatic carbocycles. The van der Waals surface area contributed by atoms with E-state index < -0.39 is 0 Å². The van der Waals surface area contributed by atoms with Crippen molar-refractivity contribution in [2.24, 2.45) is 0 Å². The first-order valence-electron chi connectivity index (χ1n) is 5.67. The van der Waals surface area contributed by atoms with Crippen molar-refractivity contribution in [2.75, 3.05) is 40.3 Å². The van der Waals surface area contributed by atoms with Crippen LogP contribution >= 0.6 is 0 Å². The van der Waals surface area contributed by atoms with E-state index >= 15 is 0 Å². The SMILES string of the molecule is COC1=CC=C(N2CCN(C)CC2)CC1. The Kier molecular flexibility index (Phi) is 3.31. The van der Waals surface area contributed by atoms with Crippen LogP contribution in [0.25, 0.3) is 0 Å². The second kappa shape index (κ2) is 4.71. The lowest BCUT2D eigenvalue weighted by atomic mass is 10.1. The highest BCUT2D eigenvalue weighted by Gasteiger charge is 2.17. The van der Waals surface area contributed by atoms with Gasteiger partial charge in [0.05, 0.1) is 12.9 Å². The average Bonchev–Trinajstić information content (AvgIpc) is 2.30. The number of hydrogen-bond donors (Lipinski definition) is 0. The van der Waals surface area contributed by atoms with Crippen LogP contribution in [-0.2, 0) is 4.74 Å². The normalized spacial score (nSPS) is 23.5. The first-order chi connectivity index (χ1) is 7.29. The summed E-state index contributed by atoms with van der Waals surface area (Å²) in [5.74, 6) is 1.10. The number of likely N-dealkylation sites (N-methyl/N-ethyl adjacent to an activating group) is 1. The number of methoxy groups -OCH3 is 1. The molecule has 0 atom stereocenters. The Hall–Kier alpha value is -0.960. The van der Waals surface area contributed by atoms with Crippen molar-refractivity contribution in [3.05, 3.63) is 23.6 Å². The zero-order chi connectivity index (χ0) is 10.7. The molecule has 1 heterocycles. The molecular weight excluding hydrogens is 188 g/mol. The van der Waals surface area contributed by atoms with Crippen molar-refractivity contribution < 1.29 is 4.74 Å². The number of hydrogen-bond acceptors (Lipinski definition) is 3. The molecule has 2 rings (SSSR count). The predicted molar refractivity (Wildman–Crippen MR) is 61.5 cm³/mol. The molecule has 0 saturated carbocycles. The van der Waals surface area contributed by atoms with Gasteiger partial charge in [0.15, 0.2) is 0 Å². The van der Waals surface area contributed by atoms with Crippen molar-refractivity contribution in [3.8, 4) is 0 Å². The molecule has 0 amide bonds. The molecule has 2 aliphatic rings. The Morgan fingerprint density at radius 1 is 1.07 bits per heavy atom. The third-order valence-corrected chi connectivity index (χ3v) is 3.26. The van der Waals surface area contributed by atoms with Crippen LogP contribution in [0.2, 0.25) is 0 Å². The first kappa shape index (κ1) is 10.6. The van der Waals surface area contributed by atoms with Crippen molar-refractivity contribution in [2.45, 2.75) is 12.8 Å². The van der Waals surface area contributed by atoms with Crippen molar-refractivity contribution in [1.82, 2.24) is 9.80 Å². The molecule has 0 aromatic heterocycles. The fourth-order valence-electron chi connectivity index (χ4n) is 2.13. The topological polar surface area (TPSA) is 15.7 Å². The van der Waals surface area contributed by atoms with Crippen LogP contribution in [0.3, 0.4) is 0 Å². The lowest BCUT2D eigenvalue weighted by Crippen LogP contribution is -2.43. The molecule has 0 N–H and O–H groups in total. The van der Waals surface area contributed by atoms with E-state index in [1.54, 1.807) is 7.11 Å². The second-order valence-corrected chi connectivity index (χ2v) is 4.29. The highest BCUT2D eigenvalue weighted by atomic mass is 16.5. The van der Waals surface area contributed by atoms with E-state index in [9.17, 15) is 0 Å². The van der Waals surface area contributed by atoms with Gasteiger partial charge >= 0.3 is 0 Å². The molecule has 84 valence electrons. The zero-order valence-corrected chi connectivity index (χ0v) is 9.70. The maximum atomic E-state index is 5.23. The standard InChI is InChI=1S/C12H20N2O/c1-13-7-9-14(10-8-13)11-3-5-12(15-2)6-4-11/h3,5H,4,6-10H2,1-2H3. The molecule has 1 aliphatic heterocycles. The third-order valence-electron chi connectivity index (χ3n) is 3.26. The minimum absolute atomic E-state index is 1.05. The van der Waals surface area contributed by atoms with E-state index in [-0.39, 0.29) is 0 Å². The maximum absolute atomic E-state index is 5.23. The lowest BCUT2D eigenvalue weighted by Gasteiger charge is -2.36. The van der Waals surface area contributed by atoms with Gasteiger partial charge in [0.25, 0.3) is 0 Å². The Morgan fingerprint density at radius 2 is 1.80 bits per heavy atom. The molecule has 0 aromatic rings. The van der Waals surface area contributed by atoms with Gasteiger partial charge in [-0.2, -0.15) is 0 Å². The molecule has 1 fully saturated rings. The van der Waals surface area contributed by atoms with Crippen molar-refractivity contribution in [1.29, 1.82) is 0 Å². The Bertz CT molecular complexity index is 275. The highest BCUT2D eigenvalue weighted by molar-refractivity contribution is 5.20. The van der Waals surface area contributed by atoms with Gasteiger partial charge < -0.3 is 14.5 Å². The zero-order valence-electron chi connectivity index (χ0n) is 9.70. The molecule has 0 spiro atoms. The van der Waals surface area contributed by atoms with Crippen LogP contribution < -0.4 is 0 Å². The Balaban J connectivity index is 1.94. The van der Waals surface area contributed by atoms with Gasteiger partial charge in [0.1, 0.15) is 0 Å². The highest BCUT2D eigenvalue weighted by Crippen LogP contribution is 2.22. The molecular formula is C12H20N2O. The summed E-state index contributed by atoms with van der Waals surface area (Å²) >= 11 is 0. The molecule has 1 aliphatic carbocycles. The van der Waals surface area contributed by atoms with Crippen LogP contribution in [0, 0.1) is 0 Å². The number of nitrogens with zero attached hydrogens (tertiary/aromatic N) is 2. The molecule has 0 bridgehead atoms.